The van der Waals surface area contributed by atoms with Gasteiger partial charge in [0.05, 0.1) is 13.2 Å². The van der Waals surface area contributed by atoms with Crippen LogP contribution in [0.25, 0.3) is 0 Å². The van der Waals surface area contributed by atoms with Crippen molar-refractivity contribution >= 4 is 23.8 Å². The highest BCUT2D eigenvalue weighted by Gasteiger charge is 2.24. The molecule has 0 aromatic heterocycles. The Morgan fingerprint density at radius 2 is 1.15 bits per heavy atom. The molecule has 11 heteroatoms. The minimum Gasteiger partial charge on any atom is -0.480 e. The van der Waals surface area contributed by atoms with Crippen molar-refractivity contribution in [3.05, 3.63) is 24.3 Å². The Bertz CT molecular complexity index is 773. The van der Waals surface area contributed by atoms with Crippen molar-refractivity contribution in [3.63, 3.8) is 0 Å². The molecule has 39 heavy (non-hydrogen) atoms. The molecule has 2 atom stereocenters. The second-order valence-corrected chi connectivity index (χ2v) is 9.83. The van der Waals surface area contributed by atoms with Gasteiger partial charge in [-0.2, -0.15) is 0 Å². The van der Waals surface area contributed by atoms with Gasteiger partial charge in [0, 0.05) is 17.6 Å². The lowest BCUT2D eigenvalue weighted by molar-refractivity contribution is -0.405. The molecular formula is C28H51N4O7+. The Morgan fingerprint density at radius 3 is 1.59 bits per heavy atom. The molecule has 0 heterocycles. The third-order valence-electron chi connectivity index (χ3n) is 5.90. The van der Waals surface area contributed by atoms with E-state index in [1.165, 1.54) is 0 Å². The molecule has 0 radical (unpaired) electrons. The number of hydrogen-bond donors (Lipinski definition) is 5. The summed E-state index contributed by atoms with van der Waals surface area (Å²) in [6, 6.07) is -1.39. The Morgan fingerprint density at radius 1 is 0.718 bits per heavy atom. The maximum Gasteiger partial charge on any atom is 0.333 e. The van der Waals surface area contributed by atoms with Gasteiger partial charge in [-0.3, -0.25) is 4.79 Å². The first kappa shape index (κ1) is 36.2. The topological polar surface area (TPSA) is 171 Å². The van der Waals surface area contributed by atoms with Crippen LogP contribution in [0.2, 0.25) is 0 Å². The number of nitrogens with one attached hydrogen (secondary N) is 3. The predicted molar refractivity (Wildman–Crippen MR) is 150 cm³/mol. The number of hydrogen-bond acceptors (Lipinski definition) is 8. The predicted octanol–water partition coefficient (Wildman–Crippen LogP) is 1.49. The number of amides is 1. The van der Waals surface area contributed by atoms with Gasteiger partial charge in [-0.25, -0.2) is 14.4 Å². The van der Waals surface area contributed by atoms with Gasteiger partial charge >= 0.3 is 17.9 Å². The molecule has 0 aromatic rings. The molecule has 0 rings (SSSR count). The Labute approximate surface area is 233 Å². The summed E-state index contributed by atoms with van der Waals surface area (Å²) in [5, 5.41) is 18.7. The summed E-state index contributed by atoms with van der Waals surface area (Å²) >= 11 is 0. The zero-order valence-electron chi connectivity index (χ0n) is 24.0. The third-order valence-corrected chi connectivity index (χ3v) is 5.90. The lowest BCUT2D eigenvalue weighted by atomic mass is 10.1. The number of carbonyl (C=O) groups excluding carboxylic acids is 3. The van der Waals surface area contributed by atoms with Crippen LogP contribution in [-0.2, 0) is 28.7 Å². The summed E-state index contributed by atoms with van der Waals surface area (Å²) in [7, 11) is 0. The minimum absolute atomic E-state index is 0.321. The molecule has 0 fully saturated rings. The van der Waals surface area contributed by atoms with Gasteiger partial charge in [-0.05, 0) is 78.6 Å². The van der Waals surface area contributed by atoms with Crippen LogP contribution in [0.1, 0.15) is 78.1 Å². The Kier molecular flexibility index (Phi) is 21.5. The lowest BCUT2D eigenvalue weighted by Gasteiger charge is -2.16. The van der Waals surface area contributed by atoms with E-state index in [2.05, 4.69) is 34.8 Å². The number of carbonyl (C=O) groups is 4. The maximum absolute atomic E-state index is 12.4. The fraction of sp³-hybridized carbons (Fsp3) is 0.714. The van der Waals surface area contributed by atoms with Gasteiger partial charge in [0.2, 0.25) is 0 Å². The highest BCUT2D eigenvalue weighted by atomic mass is 16.5. The largest absolute Gasteiger partial charge is 0.480 e. The van der Waals surface area contributed by atoms with E-state index in [4.69, 9.17) is 9.47 Å². The number of carboxylic acids is 1. The highest BCUT2D eigenvalue weighted by Crippen LogP contribution is 2.06. The molecule has 0 unspecified atom stereocenters. The molecule has 0 spiro atoms. The highest BCUT2D eigenvalue weighted by molar-refractivity contribution is 5.87. The van der Waals surface area contributed by atoms with E-state index in [9.17, 15) is 24.3 Å². The van der Waals surface area contributed by atoms with E-state index in [1.807, 2.05) is 0 Å². The van der Waals surface area contributed by atoms with E-state index in [-0.39, 0.29) is 17.8 Å². The smallest absolute Gasteiger partial charge is 0.333 e. The third kappa shape index (κ3) is 20.8. The first-order chi connectivity index (χ1) is 18.6. The minimum atomic E-state index is -1.03. The molecule has 1 amide bonds. The van der Waals surface area contributed by atoms with E-state index < -0.39 is 18.1 Å². The summed E-state index contributed by atoms with van der Waals surface area (Å²) in [6.07, 6.45) is 7.59. The van der Waals surface area contributed by atoms with Gasteiger partial charge in [-0.1, -0.05) is 32.4 Å². The molecule has 0 saturated carbocycles. The van der Waals surface area contributed by atoms with E-state index >= 15 is 0 Å². The molecule has 0 saturated heterocycles. The van der Waals surface area contributed by atoms with Crippen LogP contribution in [0.5, 0.6) is 0 Å². The summed E-state index contributed by atoms with van der Waals surface area (Å²) in [5.41, 5.74) is 4.69. The normalized spacial score (nSPS) is 12.3. The van der Waals surface area contributed by atoms with Gasteiger partial charge in [0.15, 0.2) is 6.04 Å². The summed E-state index contributed by atoms with van der Waals surface area (Å²) < 4.78 is 10.0. The zero-order valence-corrected chi connectivity index (χ0v) is 24.0. The number of rotatable bonds is 25. The molecule has 0 bridgehead atoms. The number of carboxylic acid groups (broad SMARTS) is 1. The molecule has 0 aliphatic heterocycles. The average Bonchev–Trinajstić information content (AvgIpc) is 2.88. The number of quaternary nitrogens is 1. The van der Waals surface area contributed by atoms with Crippen LogP contribution in [-0.4, -0.2) is 80.4 Å². The summed E-state index contributed by atoms with van der Waals surface area (Å²) in [4.78, 5) is 46.5. The number of esters is 2. The first-order valence-corrected chi connectivity index (χ1v) is 14.0. The van der Waals surface area contributed by atoms with Gasteiger partial charge in [0.1, 0.15) is 6.04 Å². The zero-order chi connectivity index (χ0) is 29.5. The monoisotopic (exact) mass is 555 g/mol. The average molecular weight is 556 g/mol. The molecule has 11 nitrogen and oxygen atoms in total. The summed E-state index contributed by atoms with van der Waals surface area (Å²) in [6.45, 7) is 14.1. The van der Waals surface area contributed by atoms with Crippen molar-refractivity contribution in [2.24, 2.45) is 0 Å². The first-order valence-electron chi connectivity index (χ1n) is 14.0. The SMILES string of the molecule is C=C(C)C(=O)OCCCNCCCCC[C@H](NC(=O)[C@@H]([NH3+])CCCCCNCCCOC(=O)C(=C)C)C(=O)O. The van der Waals surface area contributed by atoms with Crippen molar-refractivity contribution in [2.45, 2.75) is 90.1 Å². The second kappa shape index (κ2) is 23.2. The van der Waals surface area contributed by atoms with Crippen molar-refractivity contribution in [1.29, 1.82) is 0 Å². The quantitative estimate of drug-likeness (QED) is 0.0636. The summed E-state index contributed by atoms with van der Waals surface area (Å²) in [5.74, 6) is -2.09. The van der Waals surface area contributed by atoms with Crippen LogP contribution in [0.4, 0.5) is 0 Å². The van der Waals surface area contributed by atoms with Crippen LogP contribution < -0.4 is 21.7 Å². The fourth-order valence-corrected chi connectivity index (χ4v) is 3.49. The Hall–Kier alpha value is -2.76. The van der Waals surface area contributed by atoms with Crippen molar-refractivity contribution in [1.82, 2.24) is 16.0 Å². The van der Waals surface area contributed by atoms with Crippen LogP contribution in [0.3, 0.4) is 0 Å². The number of ether oxygens (including phenoxy) is 2. The molecule has 224 valence electrons. The molecule has 0 aromatic carbocycles. The molecule has 7 N–H and O–H groups in total. The standard InChI is InChI=1S/C28H50N4O7/c1-21(2)27(36)38-19-11-17-30-15-9-5-7-13-23(29)25(33)32-24(26(34)35)14-8-6-10-16-31-18-12-20-39-28(37)22(3)4/h23-24,30-31H,1,3,5-20,29H2,2,4H3,(H,32,33)(H,34,35)/p+1/t23-,24-/m0/s1. The van der Waals surface area contributed by atoms with Gasteiger partial charge < -0.3 is 36.3 Å². The molecule has 0 aliphatic carbocycles. The van der Waals surface area contributed by atoms with E-state index in [0.717, 1.165) is 64.7 Å². The van der Waals surface area contributed by atoms with Crippen molar-refractivity contribution in [2.75, 3.05) is 39.4 Å². The Balaban J connectivity index is 3.82. The second-order valence-electron chi connectivity index (χ2n) is 9.83. The van der Waals surface area contributed by atoms with Gasteiger partial charge in [0.25, 0.3) is 5.91 Å². The van der Waals surface area contributed by atoms with Crippen LogP contribution >= 0.6 is 0 Å². The van der Waals surface area contributed by atoms with Crippen molar-refractivity contribution < 1.29 is 39.5 Å². The van der Waals surface area contributed by atoms with Crippen LogP contribution in [0, 0.1) is 0 Å². The lowest BCUT2D eigenvalue weighted by Crippen LogP contribution is -2.68. The van der Waals surface area contributed by atoms with E-state index in [0.29, 0.717) is 50.0 Å². The molecule has 0 aliphatic rings. The molecular weight excluding hydrogens is 504 g/mol. The fourth-order valence-electron chi connectivity index (χ4n) is 3.49. The van der Waals surface area contributed by atoms with E-state index in [1.54, 1.807) is 13.8 Å². The van der Waals surface area contributed by atoms with Crippen molar-refractivity contribution in [3.8, 4) is 0 Å². The number of unbranched alkanes of at least 4 members (excludes halogenated alkanes) is 4. The number of aliphatic carboxylic acids is 1. The maximum atomic E-state index is 12.4. The van der Waals surface area contributed by atoms with Crippen LogP contribution in [0.15, 0.2) is 24.3 Å². The van der Waals surface area contributed by atoms with Gasteiger partial charge in [-0.15, -0.1) is 0 Å².